The molecule has 1 aromatic carbocycles. The van der Waals surface area contributed by atoms with E-state index in [1.165, 1.54) is 0 Å². The number of aryl methyl sites for hydroxylation is 1. The van der Waals surface area contributed by atoms with Gasteiger partial charge in [0.25, 0.3) is 0 Å². The first kappa shape index (κ1) is 16.1. The van der Waals surface area contributed by atoms with Gasteiger partial charge in [0, 0.05) is 29.8 Å². The Hall–Kier alpha value is -1.73. The molecule has 1 aromatic heterocycles. The van der Waals surface area contributed by atoms with Gasteiger partial charge in [0.1, 0.15) is 0 Å². The van der Waals surface area contributed by atoms with E-state index in [-0.39, 0.29) is 23.5 Å². The average Bonchev–Trinajstić information content (AvgIpc) is 3.13. The van der Waals surface area contributed by atoms with Gasteiger partial charge in [0.2, 0.25) is 5.91 Å². The molecular weight excluding hydrogens is 332 g/mol. The highest BCUT2D eigenvalue weighted by atomic mass is 32.2. The standard InChI is InChI=1S/C16H18N2O3S2/c19-15(17-13-8-9-23(20,21)11-13)6-7-16-18-14(10-22-16)12-4-2-1-3-5-12/h1-5,10,13H,6-9,11H2,(H,17,19). The molecule has 1 atom stereocenters. The average molecular weight is 350 g/mol. The molecule has 0 bridgehead atoms. The van der Waals surface area contributed by atoms with Crippen molar-refractivity contribution in [2.75, 3.05) is 11.5 Å². The summed E-state index contributed by atoms with van der Waals surface area (Å²) in [6.07, 6.45) is 1.42. The van der Waals surface area contributed by atoms with Crippen molar-refractivity contribution in [3.63, 3.8) is 0 Å². The molecule has 1 saturated heterocycles. The Bertz CT molecular complexity index is 785. The minimum Gasteiger partial charge on any atom is -0.352 e. The van der Waals surface area contributed by atoms with Crippen LogP contribution in [0, 0.1) is 0 Å². The predicted molar refractivity (Wildman–Crippen MR) is 91.1 cm³/mol. The summed E-state index contributed by atoms with van der Waals surface area (Å²) in [7, 11) is -2.96. The molecule has 1 unspecified atom stereocenters. The van der Waals surface area contributed by atoms with E-state index in [2.05, 4.69) is 10.3 Å². The minimum absolute atomic E-state index is 0.0636. The van der Waals surface area contributed by atoms with Crippen molar-refractivity contribution in [1.82, 2.24) is 10.3 Å². The molecule has 1 N–H and O–H groups in total. The second-order valence-electron chi connectivity index (χ2n) is 5.66. The summed E-state index contributed by atoms with van der Waals surface area (Å²) in [4.78, 5) is 16.5. The van der Waals surface area contributed by atoms with Crippen LogP contribution in [0.2, 0.25) is 0 Å². The number of hydrogen-bond donors (Lipinski definition) is 1. The molecule has 23 heavy (non-hydrogen) atoms. The Balaban J connectivity index is 1.51. The summed E-state index contributed by atoms with van der Waals surface area (Å²) in [6, 6.07) is 9.68. The van der Waals surface area contributed by atoms with E-state index in [4.69, 9.17) is 0 Å². The van der Waals surface area contributed by atoms with Crippen LogP contribution in [0.3, 0.4) is 0 Å². The van der Waals surface area contributed by atoms with Crippen LogP contribution >= 0.6 is 11.3 Å². The molecule has 1 aliphatic rings. The highest BCUT2D eigenvalue weighted by molar-refractivity contribution is 7.91. The molecule has 1 amide bonds. The number of benzene rings is 1. The van der Waals surface area contributed by atoms with Gasteiger partial charge in [-0.1, -0.05) is 30.3 Å². The van der Waals surface area contributed by atoms with Crippen molar-refractivity contribution < 1.29 is 13.2 Å². The maximum atomic E-state index is 11.9. The lowest BCUT2D eigenvalue weighted by Gasteiger charge is -2.09. The van der Waals surface area contributed by atoms with Crippen LogP contribution in [0.5, 0.6) is 0 Å². The lowest BCUT2D eigenvalue weighted by Crippen LogP contribution is -2.35. The molecule has 1 aliphatic heterocycles. The molecule has 2 heterocycles. The normalized spacial score (nSPS) is 19.6. The molecule has 2 aromatic rings. The van der Waals surface area contributed by atoms with Crippen LogP contribution in [-0.4, -0.2) is 36.9 Å². The lowest BCUT2D eigenvalue weighted by molar-refractivity contribution is -0.121. The number of nitrogens with one attached hydrogen (secondary N) is 1. The van der Waals surface area contributed by atoms with Crippen molar-refractivity contribution in [1.29, 1.82) is 0 Å². The van der Waals surface area contributed by atoms with Gasteiger partial charge in [0.05, 0.1) is 22.2 Å². The van der Waals surface area contributed by atoms with Crippen LogP contribution in [0.1, 0.15) is 17.8 Å². The summed E-state index contributed by atoms with van der Waals surface area (Å²) >= 11 is 1.54. The van der Waals surface area contributed by atoms with E-state index < -0.39 is 9.84 Å². The highest BCUT2D eigenvalue weighted by Gasteiger charge is 2.28. The number of carbonyl (C=O) groups excluding carboxylic acids is 1. The van der Waals surface area contributed by atoms with Gasteiger partial charge < -0.3 is 5.32 Å². The minimum atomic E-state index is -2.96. The first-order valence-electron chi connectivity index (χ1n) is 7.51. The summed E-state index contributed by atoms with van der Waals surface area (Å²) in [5, 5.41) is 5.71. The second kappa shape index (κ2) is 6.80. The maximum absolute atomic E-state index is 11.9. The number of sulfone groups is 1. The van der Waals surface area contributed by atoms with Gasteiger partial charge in [-0.25, -0.2) is 13.4 Å². The van der Waals surface area contributed by atoms with Crippen LogP contribution < -0.4 is 5.32 Å². The Morgan fingerprint density at radius 2 is 2.09 bits per heavy atom. The largest absolute Gasteiger partial charge is 0.352 e. The molecule has 3 rings (SSSR count). The van der Waals surface area contributed by atoms with Crippen molar-refractivity contribution in [2.24, 2.45) is 0 Å². The van der Waals surface area contributed by atoms with Gasteiger partial charge in [-0.05, 0) is 6.42 Å². The van der Waals surface area contributed by atoms with Crippen LogP contribution in [-0.2, 0) is 21.1 Å². The zero-order valence-corrected chi connectivity index (χ0v) is 14.2. The topological polar surface area (TPSA) is 76.1 Å². The molecule has 0 spiro atoms. The van der Waals surface area contributed by atoms with Crippen molar-refractivity contribution in [3.05, 3.63) is 40.7 Å². The van der Waals surface area contributed by atoms with Crippen LogP contribution in [0.15, 0.2) is 35.7 Å². The number of thiazole rings is 1. The third-order valence-corrected chi connectivity index (χ3v) is 6.46. The van der Waals surface area contributed by atoms with Crippen molar-refractivity contribution in [2.45, 2.75) is 25.3 Å². The lowest BCUT2D eigenvalue weighted by atomic mass is 10.2. The molecule has 0 saturated carbocycles. The van der Waals surface area contributed by atoms with E-state index in [9.17, 15) is 13.2 Å². The van der Waals surface area contributed by atoms with E-state index in [1.54, 1.807) is 11.3 Å². The SMILES string of the molecule is O=C(CCc1nc(-c2ccccc2)cs1)NC1CCS(=O)(=O)C1. The number of rotatable bonds is 5. The fraction of sp³-hybridized carbons (Fsp3) is 0.375. The second-order valence-corrected chi connectivity index (χ2v) is 8.83. The third kappa shape index (κ3) is 4.39. The smallest absolute Gasteiger partial charge is 0.220 e. The Kier molecular flexibility index (Phi) is 4.77. The fourth-order valence-corrected chi connectivity index (χ4v) is 5.08. The first-order valence-corrected chi connectivity index (χ1v) is 10.2. The van der Waals surface area contributed by atoms with E-state index in [1.807, 2.05) is 35.7 Å². The third-order valence-electron chi connectivity index (χ3n) is 3.78. The van der Waals surface area contributed by atoms with E-state index >= 15 is 0 Å². The van der Waals surface area contributed by atoms with Gasteiger partial charge in [-0.3, -0.25) is 4.79 Å². The quantitative estimate of drug-likeness (QED) is 0.895. The fourth-order valence-electron chi connectivity index (χ4n) is 2.60. The molecule has 7 heteroatoms. The molecule has 0 aliphatic carbocycles. The molecule has 0 radical (unpaired) electrons. The molecule has 122 valence electrons. The van der Waals surface area contributed by atoms with Gasteiger partial charge >= 0.3 is 0 Å². The molecular formula is C16H18N2O3S2. The summed E-state index contributed by atoms with van der Waals surface area (Å²) in [5.74, 6) is 0.127. The number of amides is 1. The number of carbonyl (C=O) groups is 1. The van der Waals surface area contributed by atoms with E-state index in [0.717, 1.165) is 16.3 Å². The van der Waals surface area contributed by atoms with Crippen molar-refractivity contribution >= 4 is 27.1 Å². The first-order chi connectivity index (χ1) is 11.0. The van der Waals surface area contributed by atoms with Gasteiger partial charge in [-0.2, -0.15) is 0 Å². The number of aromatic nitrogens is 1. The summed E-state index contributed by atoms with van der Waals surface area (Å²) in [6.45, 7) is 0. The monoisotopic (exact) mass is 350 g/mol. The maximum Gasteiger partial charge on any atom is 0.220 e. The Morgan fingerprint density at radius 3 is 2.78 bits per heavy atom. The van der Waals surface area contributed by atoms with Gasteiger partial charge in [0.15, 0.2) is 9.84 Å². The van der Waals surface area contributed by atoms with Crippen LogP contribution in [0.25, 0.3) is 11.3 Å². The predicted octanol–water partition coefficient (Wildman–Crippen LogP) is 2.05. The summed E-state index contributed by atoms with van der Waals surface area (Å²) < 4.78 is 22.8. The van der Waals surface area contributed by atoms with E-state index in [0.29, 0.717) is 19.3 Å². The molecule has 5 nitrogen and oxygen atoms in total. The Morgan fingerprint density at radius 1 is 1.30 bits per heavy atom. The Labute approximate surface area is 139 Å². The zero-order chi connectivity index (χ0) is 16.3. The number of hydrogen-bond acceptors (Lipinski definition) is 5. The zero-order valence-electron chi connectivity index (χ0n) is 12.6. The summed E-state index contributed by atoms with van der Waals surface area (Å²) in [5.41, 5.74) is 1.99. The van der Waals surface area contributed by atoms with Crippen LogP contribution in [0.4, 0.5) is 0 Å². The van der Waals surface area contributed by atoms with Crippen molar-refractivity contribution in [3.8, 4) is 11.3 Å². The number of nitrogens with zero attached hydrogens (tertiary/aromatic N) is 1. The van der Waals surface area contributed by atoms with Gasteiger partial charge in [-0.15, -0.1) is 11.3 Å². The molecule has 1 fully saturated rings. The highest BCUT2D eigenvalue weighted by Crippen LogP contribution is 2.22.